The second kappa shape index (κ2) is 6.39. The van der Waals surface area contributed by atoms with Crippen molar-refractivity contribution in [1.29, 1.82) is 0 Å². The van der Waals surface area contributed by atoms with Crippen molar-refractivity contribution in [2.75, 3.05) is 0 Å². The van der Waals surface area contributed by atoms with Crippen LogP contribution in [-0.2, 0) is 13.0 Å². The van der Waals surface area contributed by atoms with Gasteiger partial charge in [0, 0.05) is 24.2 Å². The minimum absolute atomic E-state index is 0.0968. The Morgan fingerprint density at radius 3 is 2.72 bits per heavy atom. The summed E-state index contributed by atoms with van der Waals surface area (Å²) in [7, 11) is 0. The number of nitrogens with one attached hydrogen (secondary N) is 1. The van der Waals surface area contributed by atoms with Crippen molar-refractivity contribution in [2.24, 2.45) is 0 Å². The molecule has 2 aromatic carbocycles. The highest BCUT2D eigenvalue weighted by atomic mass is 16.5. The van der Waals surface area contributed by atoms with Crippen LogP contribution in [-0.4, -0.2) is 26.8 Å². The fourth-order valence-corrected chi connectivity index (χ4v) is 2.99. The van der Waals surface area contributed by atoms with Crippen molar-refractivity contribution in [3.05, 3.63) is 71.8 Å². The molecule has 3 aromatic rings. The Balaban J connectivity index is 1.40. The van der Waals surface area contributed by atoms with Crippen LogP contribution in [0.4, 0.5) is 0 Å². The maximum Gasteiger partial charge on any atom is 0.251 e. The lowest BCUT2D eigenvalue weighted by molar-refractivity contribution is 0.0951. The molecule has 126 valence electrons. The van der Waals surface area contributed by atoms with Gasteiger partial charge in [0.15, 0.2) is 0 Å². The number of carbonyl (C=O) groups is 1. The number of amides is 1. The molecule has 1 aliphatic rings. The minimum Gasteiger partial charge on any atom is -0.490 e. The van der Waals surface area contributed by atoms with E-state index in [4.69, 9.17) is 4.74 Å². The molecule has 0 aliphatic carbocycles. The van der Waals surface area contributed by atoms with Gasteiger partial charge in [-0.25, -0.2) is 0 Å². The molecule has 2 heterocycles. The average Bonchev–Trinajstić information content (AvgIpc) is 3.28. The fraction of sp³-hybridized carbons (Fsp3) is 0.211. The fourth-order valence-electron chi connectivity index (χ4n) is 2.99. The molecule has 1 aromatic heterocycles. The number of rotatable bonds is 4. The highest BCUT2D eigenvalue weighted by molar-refractivity contribution is 5.94. The van der Waals surface area contributed by atoms with Crippen LogP contribution in [0.15, 0.2) is 55.1 Å². The molecule has 4 rings (SSSR count). The Labute approximate surface area is 145 Å². The third-order valence-corrected chi connectivity index (χ3v) is 4.26. The lowest BCUT2D eigenvalue weighted by Gasteiger charge is -2.08. The predicted molar refractivity (Wildman–Crippen MR) is 92.8 cm³/mol. The van der Waals surface area contributed by atoms with Crippen LogP contribution in [0.1, 0.15) is 28.4 Å². The second-order valence-electron chi connectivity index (χ2n) is 6.17. The number of aromatic nitrogens is 3. The van der Waals surface area contributed by atoms with Gasteiger partial charge in [0.1, 0.15) is 24.5 Å². The standard InChI is InChI=1S/C19H18N4O2/c1-13-8-16-9-14(2-7-18(16)25-13)10-20-19(24)15-3-5-17(6-4-15)23-11-21-22-12-23/h2-7,9,11-13H,8,10H2,1H3,(H,20,24)/t13-/m0/s1. The van der Waals surface area contributed by atoms with E-state index in [0.29, 0.717) is 12.1 Å². The van der Waals surface area contributed by atoms with E-state index in [2.05, 4.69) is 28.5 Å². The SMILES string of the molecule is C[C@H]1Cc2cc(CNC(=O)c3ccc(-n4cnnc4)cc3)ccc2O1. The zero-order valence-electron chi connectivity index (χ0n) is 13.8. The third-order valence-electron chi connectivity index (χ3n) is 4.26. The highest BCUT2D eigenvalue weighted by Crippen LogP contribution is 2.29. The first-order chi connectivity index (χ1) is 12.2. The van der Waals surface area contributed by atoms with Gasteiger partial charge in [-0.1, -0.05) is 12.1 Å². The van der Waals surface area contributed by atoms with Crippen molar-refractivity contribution in [3.8, 4) is 11.4 Å². The Morgan fingerprint density at radius 1 is 1.20 bits per heavy atom. The molecule has 0 saturated heterocycles. The van der Waals surface area contributed by atoms with Crippen LogP contribution in [0.5, 0.6) is 5.75 Å². The first-order valence-corrected chi connectivity index (χ1v) is 8.21. The second-order valence-corrected chi connectivity index (χ2v) is 6.17. The van der Waals surface area contributed by atoms with Gasteiger partial charge >= 0.3 is 0 Å². The summed E-state index contributed by atoms with van der Waals surface area (Å²) in [5, 5.41) is 10.5. The van der Waals surface area contributed by atoms with E-state index < -0.39 is 0 Å². The smallest absolute Gasteiger partial charge is 0.251 e. The van der Waals surface area contributed by atoms with Gasteiger partial charge < -0.3 is 10.1 Å². The van der Waals surface area contributed by atoms with Crippen LogP contribution in [0.2, 0.25) is 0 Å². The maximum absolute atomic E-state index is 12.3. The van der Waals surface area contributed by atoms with Gasteiger partial charge in [0.05, 0.1) is 0 Å². The Hall–Kier alpha value is -3.15. The summed E-state index contributed by atoms with van der Waals surface area (Å²) >= 11 is 0. The molecule has 0 unspecified atom stereocenters. The van der Waals surface area contributed by atoms with Crippen molar-refractivity contribution in [2.45, 2.75) is 26.0 Å². The Morgan fingerprint density at radius 2 is 1.96 bits per heavy atom. The number of benzene rings is 2. The average molecular weight is 334 g/mol. The molecular formula is C19H18N4O2. The topological polar surface area (TPSA) is 69.0 Å². The Kier molecular flexibility index (Phi) is 3.93. The van der Waals surface area contributed by atoms with Crippen molar-refractivity contribution < 1.29 is 9.53 Å². The first kappa shape index (κ1) is 15.4. The van der Waals surface area contributed by atoms with Crippen molar-refractivity contribution in [1.82, 2.24) is 20.1 Å². The predicted octanol–water partition coefficient (Wildman–Crippen LogP) is 2.52. The largest absolute Gasteiger partial charge is 0.490 e. The van der Waals surface area contributed by atoms with Crippen LogP contribution < -0.4 is 10.1 Å². The number of fused-ring (bicyclic) bond motifs is 1. The summed E-state index contributed by atoms with van der Waals surface area (Å²) in [4.78, 5) is 12.3. The highest BCUT2D eigenvalue weighted by Gasteiger charge is 2.18. The molecule has 1 atom stereocenters. The van der Waals surface area contributed by atoms with Gasteiger partial charge in [-0.05, 0) is 48.4 Å². The molecule has 1 amide bonds. The summed E-state index contributed by atoms with van der Waals surface area (Å²) in [6.45, 7) is 2.55. The molecule has 1 aliphatic heterocycles. The van der Waals surface area contributed by atoms with Crippen LogP contribution >= 0.6 is 0 Å². The van der Waals surface area contributed by atoms with Gasteiger partial charge in [-0.2, -0.15) is 0 Å². The molecule has 0 radical (unpaired) electrons. The van der Waals surface area contributed by atoms with E-state index in [1.54, 1.807) is 29.4 Å². The van der Waals surface area contributed by atoms with Crippen LogP contribution in [0.25, 0.3) is 5.69 Å². The number of nitrogens with zero attached hydrogens (tertiary/aromatic N) is 3. The zero-order valence-corrected chi connectivity index (χ0v) is 13.8. The summed E-state index contributed by atoms with van der Waals surface area (Å²) in [6.07, 6.45) is 4.38. The van der Waals surface area contributed by atoms with Gasteiger partial charge in [0.25, 0.3) is 5.91 Å². The molecule has 0 fully saturated rings. The van der Waals surface area contributed by atoms with E-state index in [-0.39, 0.29) is 12.0 Å². The van der Waals surface area contributed by atoms with Gasteiger partial charge in [0.2, 0.25) is 0 Å². The normalized spacial score (nSPS) is 15.5. The summed E-state index contributed by atoms with van der Waals surface area (Å²) in [6, 6.07) is 13.4. The number of hydrogen-bond donors (Lipinski definition) is 1. The molecular weight excluding hydrogens is 316 g/mol. The molecule has 0 saturated carbocycles. The lowest BCUT2D eigenvalue weighted by atomic mass is 10.1. The summed E-state index contributed by atoms with van der Waals surface area (Å²) < 4.78 is 7.49. The maximum atomic E-state index is 12.3. The van der Waals surface area contributed by atoms with Crippen LogP contribution in [0.3, 0.4) is 0 Å². The van der Waals surface area contributed by atoms with E-state index in [0.717, 1.165) is 23.4 Å². The van der Waals surface area contributed by atoms with Crippen molar-refractivity contribution >= 4 is 5.91 Å². The quantitative estimate of drug-likeness (QED) is 0.796. The van der Waals surface area contributed by atoms with Gasteiger partial charge in [-0.15, -0.1) is 10.2 Å². The molecule has 25 heavy (non-hydrogen) atoms. The van der Waals surface area contributed by atoms with E-state index in [1.807, 2.05) is 24.3 Å². The molecule has 0 spiro atoms. The molecule has 0 bridgehead atoms. The monoisotopic (exact) mass is 334 g/mol. The molecule has 6 nitrogen and oxygen atoms in total. The van der Waals surface area contributed by atoms with E-state index in [9.17, 15) is 4.79 Å². The van der Waals surface area contributed by atoms with Crippen LogP contribution in [0, 0.1) is 0 Å². The molecule has 6 heteroatoms. The minimum atomic E-state index is -0.0968. The summed E-state index contributed by atoms with van der Waals surface area (Å²) in [5.41, 5.74) is 3.81. The lowest BCUT2D eigenvalue weighted by Crippen LogP contribution is -2.22. The first-order valence-electron chi connectivity index (χ1n) is 8.21. The third kappa shape index (κ3) is 3.24. The van der Waals surface area contributed by atoms with Gasteiger partial charge in [-0.3, -0.25) is 9.36 Å². The van der Waals surface area contributed by atoms with E-state index in [1.165, 1.54) is 5.56 Å². The summed E-state index contributed by atoms with van der Waals surface area (Å²) in [5.74, 6) is 0.854. The Bertz CT molecular complexity index is 888. The zero-order chi connectivity index (χ0) is 17.2. The van der Waals surface area contributed by atoms with E-state index >= 15 is 0 Å². The van der Waals surface area contributed by atoms with Crippen molar-refractivity contribution in [3.63, 3.8) is 0 Å². The molecule has 1 N–H and O–H groups in total. The number of ether oxygens (including phenoxy) is 1. The number of hydrogen-bond acceptors (Lipinski definition) is 4. The number of carbonyl (C=O) groups excluding carboxylic acids is 1.